The van der Waals surface area contributed by atoms with Crippen molar-refractivity contribution in [3.05, 3.63) is 65.2 Å². The average molecular weight is 346 g/mol. The van der Waals surface area contributed by atoms with Crippen LogP contribution in [0, 0.1) is 11.8 Å². The molecule has 3 heteroatoms. The molecule has 2 aliphatic carbocycles. The second-order valence-corrected chi connectivity index (χ2v) is 8.25. The summed E-state index contributed by atoms with van der Waals surface area (Å²) in [4.78, 5) is 15.0. The number of fused-ring (bicyclic) bond motifs is 3. The highest BCUT2D eigenvalue weighted by atomic mass is 16.1. The molecule has 3 nitrogen and oxygen atoms in total. The minimum Gasteiger partial charge on any atom is -0.367 e. The molecule has 0 spiro atoms. The standard InChI is InChI=1S/C23H26N2O/c26-23(24-21-14-17-7-10-20(21)13-17)19-8-5-16(6-9-19)15-25-12-11-18-3-1-2-4-22(18)25/h1-6,8-9,17,20-21H,7,10-15H2,(H,24,26)/t17-,20-,21+/m1/s1. The Labute approximate surface area is 155 Å². The summed E-state index contributed by atoms with van der Waals surface area (Å²) in [6.07, 6.45) is 6.29. The Kier molecular flexibility index (Phi) is 3.96. The van der Waals surface area contributed by atoms with Crippen LogP contribution in [0.5, 0.6) is 0 Å². The minimum atomic E-state index is 0.0978. The number of hydrogen-bond acceptors (Lipinski definition) is 2. The predicted octanol–water partition coefficient (Wildman–Crippen LogP) is 4.17. The Morgan fingerprint density at radius 2 is 1.88 bits per heavy atom. The lowest BCUT2D eigenvalue weighted by Gasteiger charge is -2.23. The molecule has 0 saturated heterocycles. The van der Waals surface area contributed by atoms with Crippen molar-refractivity contribution in [2.75, 3.05) is 11.4 Å². The van der Waals surface area contributed by atoms with Crippen molar-refractivity contribution >= 4 is 11.6 Å². The molecule has 2 bridgehead atoms. The molecule has 134 valence electrons. The van der Waals surface area contributed by atoms with Gasteiger partial charge < -0.3 is 10.2 Å². The second-order valence-electron chi connectivity index (χ2n) is 8.25. The van der Waals surface area contributed by atoms with E-state index in [0.717, 1.165) is 36.9 Å². The van der Waals surface area contributed by atoms with Gasteiger partial charge in [-0.3, -0.25) is 4.79 Å². The zero-order valence-corrected chi connectivity index (χ0v) is 15.2. The highest BCUT2D eigenvalue weighted by molar-refractivity contribution is 5.94. The van der Waals surface area contributed by atoms with Crippen LogP contribution >= 0.6 is 0 Å². The van der Waals surface area contributed by atoms with E-state index in [1.807, 2.05) is 12.1 Å². The molecule has 0 aromatic heterocycles. The Morgan fingerprint density at radius 3 is 2.65 bits per heavy atom. The first-order chi connectivity index (χ1) is 12.8. The molecular weight excluding hydrogens is 320 g/mol. The molecule has 0 unspecified atom stereocenters. The molecule has 1 amide bonds. The molecule has 0 radical (unpaired) electrons. The fourth-order valence-electron chi connectivity index (χ4n) is 5.23. The number of nitrogens with zero attached hydrogens (tertiary/aromatic N) is 1. The van der Waals surface area contributed by atoms with Crippen LogP contribution in [0.4, 0.5) is 5.69 Å². The number of rotatable bonds is 4. The van der Waals surface area contributed by atoms with Crippen molar-refractivity contribution in [3.63, 3.8) is 0 Å². The summed E-state index contributed by atoms with van der Waals surface area (Å²) in [6, 6.07) is 17.2. The van der Waals surface area contributed by atoms with Crippen LogP contribution in [0.1, 0.15) is 47.2 Å². The van der Waals surface area contributed by atoms with Crippen LogP contribution in [-0.2, 0) is 13.0 Å². The summed E-state index contributed by atoms with van der Waals surface area (Å²) in [5, 5.41) is 3.28. The van der Waals surface area contributed by atoms with E-state index in [4.69, 9.17) is 0 Å². The molecule has 1 heterocycles. The number of carbonyl (C=O) groups excluding carboxylic acids is 1. The predicted molar refractivity (Wildman–Crippen MR) is 104 cm³/mol. The summed E-state index contributed by atoms with van der Waals surface area (Å²) in [7, 11) is 0. The van der Waals surface area contributed by atoms with Gasteiger partial charge in [0.15, 0.2) is 0 Å². The molecular formula is C23H26N2O. The SMILES string of the molecule is O=C(N[C@H]1C[C@@H]2CC[C@@H]1C2)c1ccc(CN2CCc3ccccc32)cc1. The van der Waals surface area contributed by atoms with E-state index in [1.165, 1.54) is 42.5 Å². The number of amides is 1. The van der Waals surface area contributed by atoms with Gasteiger partial charge in [-0.05, 0) is 66.8 Å². The fraction of sp³-hybridized carbons (Fsp3) is 0.435. The third-order valence-corrected chi connectivity index (χ3v) is 6.63. The zero-order valence-electron chi connectivity index (χ0n) is 15.2. The molecule has 1 aliphatic heterocycles. The van der Waals surface area contributed by atoms with E-state index in [0.29, 0.717) is 6.04 Å². The molecule has 2 aromatic carbocycles. The molecule has 2 fully saturated rings. The van der Waals surface area contributed by atoms with Crippen molar-refractivity contribution < 1.29 is 4.79 Å². The van der Waals surface area contributed by atoms with Crippen LogP contribution in [0.25, 0.3) is 0 Å². The Hall–Kier alpha value is -2.29. The van der Waals surface area contributed by atoms with Crippen molar-refractivity contribution in [1.82, 2.24) is 5.32 Å². The van der Waals surface area contributed by atoms with Gasteiger partial charge in [-0.15, -0.1) is 0 Å². The maximum absolute atomic E-state index is 12.6. The lowest BCUT2D eigenvalue weighted by atomic mass is 9.95. The van der Waals surface area contributed by atoms with E-state index in [2.05, 4.69) is 46.6 Å². The largest absolute Gasteiger partial charge is 0.367 e. The quantitative estimate of drug-likeness (QED) is 0.901. The van der Waals surface area contributed by atoms with E-state index in [1.54, 1.807) is 0 Å². The Morgan fingerprint density at radius 1 is 1.04 bits per heavy atom. The van der Waals surface area contributed by atoms with Gasteiger partial charge >= 0.3 is 0 Å². The second kappa shape index (κ2) is 6.46. The number of nitrogens with one attached hydrogen (secondary N) is 1. The summed E-state index contributed by atoms with van der Waals surface area (Å²) >= 11 is 0. The normalized spacial score (nSPS) is 26.2. The maximum atomic E-state index is 12.6. The molecule has 3 atom stereocenters. The summed E-state index contributed by atoms with van der Waals surface area (Å²) in [5.41, 5.74) is 4.84. The van der Waals surface area contributed by atoms with Crippen molar-refractivity contribution in [2.45, 2.75) is 44.7 Å². The monoisotopic (exact) mass is 346 g/mol. The number of benzene rings is 2. The molecule has 1 N–H and O–H groups in total. The van der Waals surface area contributed by atoms with Crippen molar-refractivity contribution in [3.8, 4) is 0 Å². The van der Waals surface area contributed by atoms with E-state index in [9.17, 15) is 4.79 Å². The molecule has 3 aliphatic rings. The number of carbonyl (C=O) groups is 1. The van der Waals surface area contributed by atoms with E-state index in [-0.39, 0.29) is 5.91 Å². The van der Waals surface area contributed by atoms with Gasteiger partial charge in [0.2, 0.25) is 0 Å². The average Bonchev–Trinajstić information content (AvgIpc) is 3.38. The van der Waals surface area contributed by atoms with Crippen LogP contribution in [0.3, 0.4) is 0 Å². The van der Waals surface area contributed by atoms with Gasteiger partial charge in [0, 0.05) is 30.4 Å². The highest BCUT2D eigenvalue weighted by Gasteiger charge is 2.40. The molecule has 5 rings (SSSR count). The highest BCUT2D eigenvalue weighted by Crippen LogP contribution is 2.44. The summed E-state index contributed by atoms with van der Waals surface area (Å²) in [6.45, 7) is 1.98. The Bertz CT molecular complexity index is 813. The van der Waals surface area contributed by atoms with Crippen LogP contribution in [0.2, 0.25) is 0 Å². The first-order valence-electron chi connectivity index (χ1n) is 9.99. The maximum Gasteiger partial charge on any atom is 0.251 e. The number of para-hydroxylation sites is 1. The van der Waals surface area contributed by atoms with Crippen molar-refractivity contribution in [2.24, 2.45) is 11.8 Å². The lowest BCUT2D eigenvalue weighted by Crippen LogP contribution is -2.38. The van der Waals surface area contributed by atoms with E-state index >= 15 is 0 Å². The van der Waals surface area contributed by atoms with Crippen LogP contribution in [-0.4, -0.2) is 18.5 Å². The minimum absolute atomic E-state index is 0.0978. The topological polar surface area (TPSA) is 32.3 Å². The summed E-state index contributed by atoms with van der Waals surface area (Å²) < 4.78 is 0. The van der Waals surface area contributed by atoms with Gasteiger partial charge in [-0.25, -0.2) is 0 Å². The molecule has 26 heavy (non-hydrogen) atoms. The van der Waals surface area contributed by atoms with Gasteiger partial charge in [0.25, 0.3) is 5.91 Å². The first kappa shape index (κ1) is 15.9. The van der Waals surface area contributed by atoms with Gasteiger partial charge in [-0.2, -0.15) is 0 Å². The zero-order chi connectivity index (χ0) is 17.5. The van der Waals surface area contributed by atoms with Crippen LogP contribution < -0.4 is 10.2 Å². The first-order valence-corrected chi connectivity index (χ1v) is 9.99. The number of hydrogen-bond donors (Lipinski definition) is 1. The summed E-state index contributed by atoms with van der Waals surface area (Å²) in [5.74, 6) is 1.68. The Balaban J connectivity index is 1.23. The van der Waals surface area contributed by atoms with Gasteiger partial charge in [-0.1, -0.05) is 36.8 Å². The third-order valence-electron chi connectivity index (χ3n) is 6.63. The number of anilines is 1. The van der Waals surface area contributed by atoms with Crippen molar-refractivity contribution in [1.29, 1.82) is 0 Å². The fourth-order valence-corrected chi connectivity index (χ4v) is 5.23. The van der Waals surface area contributed by atoms with Gasteiger partial charge in [0.05, 0.1) is 0 Å². The smallest absolute Gasteiger partial charge is 0.251 e. The molecule has 2 saturated carbocycles. The lowest BCUT2D eigenvalue weighted by molar-refractivity contribution is 0.0923. The van der Waals surface area contributed by atoms with E-state index < -0.39 is 0 Å². The van der Waals surface area contributed by atoms with Gasteiger partial charge in [0.1, 0.15) is 0 Å². The third kappa shape index (κ3) is 2.90. The van der Waals surface area contributed by atoms with Crippen LogP contribution in [0.15, 0.2) is 48.5 Å². The molecule has 2 aromatic rings.